The molecule has 3 saturated carbocycles. The van der Waals surface area contributed by atoms with Crippen LogP contribution in [0.4, 0.5) is 71.2 Å². The fourth-order valence-corrected chi connectivity index (χ4v) is 19.2. The number of halogens is 3. The third-order valence-corrected chi connectivity index (χ3v) is 25.6. The molecule has 18 rings (SSSR count). The molecule has 12 heterocycles. The number of nitrogens with one attached hydrogen (secondary N) is 3. The van der Waals surface area contributed by atoms with Crippen LogP contribution in [-0.4, -0.2) is 149 Å². The monoisotopic (exact) mass is 1440 g/mol. The molecule has 6 aliphatic heterocycles. The van der Waals surface area contributed by atoms with E-state index in [0.717, 1.165) is 212 Å². The first-order valence-corrected chi connectivity index (χ1v) is 39.0. The lowest BCUT2D eigenvalue weighted by molar-refractivity contribution is 0.213. The van der Waals surface area contributed by atoms with Crippen molar-refractivity contribution in [2.45, 2.75) is 164 Å². The number of benzene rings is 3. The van der Waals surface area contributed by atoms with Crippen LogP contribution in [0.5, 0.6) is 0 Å². The summed E-state index contributed by atoms with van der Waals surface area (Å²) in [7, 11) is 2.18. The van der Waals surface area contributed by atoms with Gasteiger partial charge >= 0.3 is 0 Å². The summed E-state index contributed by atoms with van der Waals surface area (Å²) in [5, 5.41) is 9.98. The number of hydrogen-bond donors (Lipinski definition) is 3. The van der Waals surface area contributed by atoms with E-state index < -0.39 is 17.5 Å². The lowest BCUT2D eigenvalue weighted by atomic mass is 9.76. The fraction of sp³-hybridized carbons (Fsp3) is 0.435. The molecule has 0 atom stereocenters. The number of pyridine rings is 3. The molecule has 0 radical (unpaired) electrons. The highest BCUT2D eigenvalue weighted by Gasteiger charge is 2.46. The molecule has 107 heavy (non-hydrogen) atoms. The van der Waals surface area contributed by atoms with Gasteiger partial charge < -0.3 is 30.7 Å². The Kier molecular flexibility index (Phi) is 18.3. The average molecular weight is 1440 g/mol. The average Bonchev–Trinajstić information content (AvgIpc) is 1.60. The van der Waals surface area contributed by atoms with Gasteiger partial charge in [-0.15, -0.1) is 0 Å². The Labute approximate surface area is 623 Å². The number of aromatic nitrogens is 9. The molecule has 3 saturated heterocycles. The van der Waals surface area contributed by atoms with Crippen molar-refractivity contribution in [3.8, 4) is 33.8 Å². The standard InChI is InChI=1S/C85H92F3N19/c1-52-83(29-5-6-30-83)63-45-57(11-17-67(63)93-52)77-66(86)51-92-80(101-77)98-72-20-14-61(49-89-72)56-25-37-105(38-26-56)39-27-70-75(87)78(58-12-18-68-64(46-58)84(53(2)94-68)31-7-8-32-84)103-82(96-70)100-74-22-16-62(50-91-74)107-43-41-106(42-44-107)40-28-71-76(88)79(59-13-19-69-65(47-59)85(54(3)95-69)33-9-10-34-85)102-81(97-71)99-73-21-15-60(48-90-73)55-23-35-104(4)36-24-55/h11-22,45-51,55-56H,5-10,23-44H2,1-4H3,(H,89,92,98,101)(H,90,97,99,102)(H,91,96,100,103). The zero-order valence-corrected chi connectivity index (χ0v) is 61.7. The van der Waals surface area contributed by atoms with Gasteiger partial charge in [0.2, 0.25) is 17.8 Å². The molecular formula is C85H92F3N19. The number of piperazine rings is 1. The number of anilines is 7. The molecule has 3 N–H and O–H groups in total. The van der Waals surface area contributed by atoms with Crippen LogP contribution in [0, 0.1) is 17.5 Å². The maximum absolute atomic E-state index is 17.4. The first-order chi connectivity index (χ1) is 52.2. The van der Waals surface area contributed by atoms with E-state index in [9.17, 15) is 0 Å². The normalized spacial score (nSPS) is 19.7. The van der Waals surface area contributed by atoms with E-state index in [2.05, 4.69) is 110 Å². The summed E-state index contributed by atoms with van der Waals surface area (Å²) in [5.74, 6) is 2.10. The third-order valence-electron chi connectivity index (χ3n) is 25.6. The Morgan fingerprint density at radius 2 is 0.813 bits per heavy atom. The highest BCUT2D eigenvalue weighted by molar-refractivity contribution is 6.03. The molecule has 22 heteroatoms. The maximum Gasteiger partial charge on any atom is 0.229 e. The van der Waals surface area contributed by atoms with Gasteiger partial charge in [0.15, 0.2) is 17.5 Å². The van der Waals surface area contributed by atoms with Gasteiger partial charge in [0.25, 0.3) is 0 Å². The third kappa shape index (κ3) is 13.1. The second-order valence-corrected chi connectivity index (χ2v) is 31.6. The van der Waals surface area contributed by atoms with E-state index in [1.54, 1.807) is 0 Å². The van der Waals surface area contributed by atoms with Gasteiger partial charge in [0.05, 0.1) is 46.5 Å². The summed E-state index contributed by atoms with van der Waals surface area (Å²) in [6, 6.07) is 30.4. The topological polar surface area (TPSA) is 202 Å². The largest absolute Gasteiger partial charge is 0.368 e. The molecule has 3 aliphatic carbocycles. The van der Waals surface area contributed by atoms with Gasteiger partial charge in [0.1, 0.15) is 34.5 Å². The predicted molar refractivity (Wildman–Crippen MR) is 418 cm³/mol. The molecule has 0 amide bonds. The molecule has 6 aromatic heterocycles. The van der Waals surface area contributed by atoms with Crippen molar-refractivity contribution >= 4 is 75.2 Å². The van der Waals surface area contributed by atoms with Crippen LogP contribution in [-0.2, 0) is 29.1 Å². The lowest BCUT2D eigenvalue weighted by Gasteiger charge is -2.36. The van der Waals surface area contributed by atoms with Gasteiger partial charge in [0, 0.05) is 115 Å². The molecular weight excluding hydrogens is 1340 g/mol. The summed E-state index contributed by atoms with van der Waals surface area (Å²) < 4.78 is 50.1. The molecule has 9 aliphatic rings. The Bertz CT molecular complexity index is 4960. The van der Waals surface area contributed by atoms with Gasteiger partial charge in [-0.2, -0.15) is 0 Å². The van der Waals surface area contributed by atoms with Crippen molar-refractivity contribution < 1.29 is 13.2 Å². The number of likely N-dealkylation sites (tertiary alicyclic amines) is 2. The minimum Gasteiger partial charge on any atom is -0.368 e. The smallest absolute Gasteiger partial charge is 0.229 e. The summed E-state index contributed by atoms with van der Waals surface area (Å²) >= 11 is 0. The van der Waals surface area contributed by atoms with Crippen LogP contribution >= 0.6 is 0 Å². The highest BCUT2D eigenvalue weighted by Crippen LogP contribution is 2.54. The summed E-state index contributed by atoms with van der Waals surface area (Å²) in [4.78, 5) is 67.5. The molecule has 3 spiro atoms. The predicted octanol–water partition coefficient (Wildman–Crippen LogP) is 17.2. The zero-order valence-electron chi connectivity index (χ0n) is 61.7. The van der Waals surface area contributed by atoms with E-state index in [1.807, 2.05) is 73.2 Å². The minimum absolute atomic E-state index is 0.0638. The molecule has 9 aromatic rings. The molecule has 548 valence electrons. The van der Waals surface area contributed by atoms with E-state index >= 15 is 13.2 Å². The van der Waals surface area contributed by atoms with Gasteiger partial charge in [-0.05, 0) is 219 Å². The quantitative estimate of drug-likeness (QED) is 0.0731. The molecule has 6 fully saturated rings. The van der Waals surface area contributed by atoms with Crippen LogP contribution < -0.4 is 20.9 Å². The van der Waals surface area contributed by atoms with E-state index in [0.29, 0.717) is 83.7 Å². The second kappa shape index (κ2) is 28.4. The number of aliphatic imine (C=N–C) groups is 3. The molecule has 3 aromatic carbocycles. The fourth-order valence-electron chi connectivity index (χ4n) is 19.2. The number of hydrogen-bond acceptors (Lipinski definition) is 19. The Morgan fingerprint density at radius 3 is 1.24 bits per heavy atom. The highest BCUT2D eigenvalue weighted by atomic mass is 19.1. The first-order valence-electron chi connectivity index (χ1n) is 39.0. The number of piperidine rings is 2. The minimum atomic E-state index is -0.481. The van der Waals surface area contributed by atoms with Gasteiger partial charge in [-0.3, -0.25) is 19.9 Å². The second-order valence-electron chi connectivity index (χ2n) is 31.6. The van der Waals surface area contributed by atoms with Crippen LogP contribution in [0.1, 0.15) is 175 Å². The van der Waals surface area contributed by atoms with Crippen molar-refractivity contribution in [1.29, 1.82) is 0 Å². The van der Waals surface area contributed by atoms with Crippen LogP contribution in [0.25, 0.3) is 33.8 Å². The summed E-state index contributed by atoms with van der Waals surface area (Å²) in [6.07, 6.45) is 25.0. The molecule has 19 nitrogen and oxygen atoms in total. The summed E-state index contributed by atoms with van der Waals surface area (Å²) in [6.45, 7) is 14.5. The maximum atomic E-state index is 17.4. The van der Waals surface area contributed by atoms with Crippen molar-refractivity contribution in [2.24, 2.45) is 15.0 Å². The van der Waals surface area contributed by atoms with Crippen molar-refractivity contribution in [1.82, 2.24) is 59.6 Å². The number of rotatable bonds is 18. The van der Waals surface area contributed by atoms with Crippen molar-refractivity contribution in [3.63, 3.8) is 0 Å². The van der Waals surface area contributed by atoms with Gasteiger partial charge in [-0.1, -0.05) is 68.9 Å². The molecule has 0 unspecified atom stereocenters. The SMILES string of the molecule is CC1=Nc2ccc(-c3nc(Nc4ccc(C5CCN(CCc6nc(Nc7ccc(N8CCN(CCc9nc(Nc%10ccc(C%11CCN(C)CC%11)cn%10)nc(-c%10ccc%11c(c%10)C%10(CCCC%10)C(C)=N%11)c9F)CC8)cn7)nc(-c7ccc8c(c7)C7(CCCC7)C(C)=N8)c6F)CC5)cn4)ncc3F)cc2C12CCCC2. The van der Waals surface area contributed by atoms with Crippen molar-refractivity contribution in [2.75, 3.05) is 93.3 Å². The van der Waals surface area contributed by atoms with Crippen LogP contribution in [0.2, 0.25) is 0 Å². The van der Waals surface area contributed by atoms with E-state index in [4.69, 9.17) is 49.9 Å². The number of fused-ring (bicyclic) bond motifs is 6. The Morgan fingerprint density at radius 1 is 0.411 bits per heavy atom. The van der Waals surface area contributed by atoms with Crippen molar-refractivity contribution in [3.05, 3.63) is 172 Å². The van der Waals surface area contributed by atoms with Gasteiger partial charge in [-0.25, -0.2) is 58.0 Å². The van der Waals surface area contributed by atoms with E-state index in [-0.39, 0.29) is 45.2 Å². The molecule has 0 bridgehead atoms. The van der Waals surface area contributed by atoms with Crippen LogP contribution in [0.15, 0.2) is 131 Å². The first kappa shape index (κ1) is 69.0. The van der Waals surface area contributed by atoms with Crippen LogP contribution in [0.3, 0.4) is 0 Å². The Hall–Kier alpha value is -9.77. The Balaban J connectivity index is 0.526. The zero-order chi connectivity index (χ0) is 72.5. The summed E-state index contributed by atoms with van der Waals surface area (Å²) in [5.41, 5.74) is 16.6. The number of nitrogens with zero attached hydrogens (tertiary/aromatic N) is 16. The van der Waals surface area contributed by atoms with E-state index in [1.165, 1.54) is 22.9 Å². The lowest BCUT2D eigenvalue weighted by Crippen LogP contribution is -2.47.